The van der Waals surface area contributed by atoms with E-state index in [2.05, 4.69) is 20.5 Å². The molecule has 0 atom stereocenters. The second-order valence-corrected chi connectivity index (χ2v) is 4.40. The fraction of sp³-hybridized carbons (Fsp3) is 0.100. The van der Waals surface area contributed by atoms with Crippen LogP contribution in [0.25, 0.3) is 0 Å². The van der Waals surface area contributed by atoms with E-state index in [1.165, 1.54) is 12.1 Å². The molecule has 0 spiro atoms. The van der Waals surface area contributed by atoms with Gasteiger partial charge >= 0.3 is 0 Å². The number of carbonyl (C=O) groups is 1. The summed E-state index contributed by atoms with van der Waals surface area (Å²) in [4.78, 5) is 15.7. The minimum absolute atomic E-state index is 0.0691. The highest BCUT2D eigenvalue weighted by atomic mass is 32.2. The molecule has 0 saturated heterocycles. The average Bonchev–Trinajstić information content (AvgIpc) is 2.78. The lowest BCUT2D eigenvalue weighted by Crippen LogP contribution is -2.14. The number of hydrogen-bond donors (Lipinski definition) is 3. The number of anilines is 2. The van der Waals surface area contributed by atoms with E-state index < -0.39 is 11.7 Å². The van der Waals surface area contributed by atoms with Crippen LogP contribution < -0.4 is 11.1 Å². The highest BCUT2D eigenvalue weighted by Crippen LogP contribution is 2.31. The Balaban J connectivity index is 2.16. The molecule has 1 aromatic carbocycles. The smallest absolute Gasteiger partial charge is 0.293 e. The van der Waals surface area contributed by atoms with Gasteiger partial charge in [0.05, 0.1) is 5.69 Å². The minimum atomic E-state index is -2.57. The maximum atomic E-state index is 12.4. The highest BCUT2D eigenvalue weighted by molar-refractivity contribution is 7.99. The van der Waals surface area contributed by atoms with Gasteiger partial charge in [0.1, 0.15) is 0 Å². The van der Waals surface area contributed by atoms with Gasteiger partial charge in [-0.15, -0.1) is 5.10 Å². The number of amides is 1. The largest absolute Gasteiger partial charge is 0.366 e. The zero-order valence-corrected chi connectivity index (χ0v) is 10.2. The Labute approximate surface area is 110 Å². The summed E-state index contributed by atoms with van der Waals surface area (Å²) in [6, 6.07) is 6.23. The average molecular weight is 285 g/mol. The SMILES string of the molecule is Nc1n[nH]c(C(=O)Nc2ccccc2SC(F)F)n1. The van der Waals surface area contributed by atoms with Gasteiger partial charge in [0.25, 0.3) is 11.7 Å². The molecule has 19 heavy (non-hydrogen) atoms. The van der Waals surface area contributed by atoms with Gasteiger partial charge in [0.2, 0.25) is 11.8 Å². The first-order valence-corrected chi connectivity index (χ1v) is 5.97. The maximum absolute atomic E-state index is 12.4. The van der Waals surface area contributed by atoms with Crippen LogP contribution in [0.5, 0.6) is 0 Å². The third-order valence-electron chi connectivity index (χ3n) is 2.07. The van der Waals surface area contributed by atoms with E-state index in [0.717, 1.165) is 0 Å². The third kappa shape index (κ3) is 3.41. The van der Waals surface area contributed by atoms with E-state index >= 15 is 0 Å². The fourth-order valence-corrected chi connectivity index (χ4v) is 1.92. The molecule has 100 valence electrons. The number of benzene rings is 1. The standard InChI is InChI=1S/C10H9F2N5OS/c11-9(12)19-6-4-2-1-3-5(6)14-8(18)7-15-10(13)17-16-7/h1-4,9H,(H,14,18)(H3,13,15,16,17). The number of carbonyl (C=O) groups excluding carboxylic acids is 1. The first kappa shape index (κ1) is 13.3. The number of nitrogen functional groups attached to an aromatic ring is 1. The zero-order chi connectivity index (χ0) is 13.8. The Morgan fingerprint density at radius 2 is 2.16 bits per heavy atom. The number of thioether (sulfide) groups is 1. The van der Waals surface area contributed by atoms with Crippen LogP contribution in [0.2, 0.25) is 0 Å². The lowest BCUT2D eigenvalue weighted by molar-refractivity contribution is 0.101. The summed E-state index contributed by atoms with van der Waals surface area (Å²) < 4.78 is 24.7. The number of nitrogens with zero attached hydrogens (tertiary/aromatic N) is 2. The van der Waals surface area contributed by atoms with Gasteiger partial charge in [-0.05, 0) is 12.1 Å². The van der Waals surface area contributed by atoms with Gasteiger partial charge in [-0.2, -0.15) is 13.8 Å². The maximum Gasteiger partial charge on any atom is 0.293 e. The Morgan fingerprint density at radius 3 is 2.79 bits per heavy atom. The molecule has 6 nitrogen and oxygen atoms in total. The Bertz CT molecular complexity index is 589. The van der Waals surface area contributed by atoms with E-state index in [-0.39, 0.29) is 22.4 Å². The van der Waals surface area contributed by atoms with Gasteiger partial charge in [-0.3, -0.25) is 9.89 Å². The molecule has 2 aromatic rings. The van der Waals surface area contributed by atoms with Crippen LogP contribution in [0.4, 0.5) is 20.4 Å². The van der Waals surface area contributed by atoms with Crippen LogP contribution in [-0.2, 0) is 0 Å². The lowest BCUT2D eigenvalue weighted by Gasteiger charge is -2.08. The van der Waals surface area contributed by atoms with Crippen molar-refractivity contribution in [1.29, 1.82) is 0 Å². The van der Waals surface area contributed by atoms with Crippen LogP contribution in [0.1, 0.15) is 10.6 Å². The number of H-pyrrole nitrogens is 1. The summed E-state index contributed by atoms with van der Waals surface area (Å²) in [6.07, 6.45) is 0. The Morgan fingerprint density at radius 1 is 1.42 bits per heavy atom. The molecule has 2 rings (SSSR count). The van der Waals surface area contributed by atoms with Crippen LogP contribution in [-0.4, -0.2) is 26.8 Å². The molecule has 0 unspecified atom stereocenters. The minimum Gasteiger partial charge on any atom is -0.366 e. The Hall–Kier alpha value is -2.16. The third-order valence-corrected chi connectivity index (χ3v) is 2.86. The molecule has 0 aliphatic rings. The number of nitrogens with two attached hydrogens (primary N) is 1. The molecular weight excluding hydrogens is 276 g/mol. The topological polar surface area (TPSA) is 96.7 Å². The second kappa shape index (κ2) is 5.65. The molecule has 0 radical (unpaired) electrons. The van der Waals surface area contributed by atoms with Crippen molar-refractivity contribution in [1.82, 2.24) is 15.2 Å². The summed E-state index contributed by atoms with van der Waals surface area (Å²) in [6.45, 7) is 0. The van der Waals surface area contributed by atoms with Crippen molar-refractivity contribution < 1.29 is 13.6 Å². The Kier molecular flexibility index (Phi) is 3.95. The van der Waals surface area contributed by atoms with Gasteiger partial charge < -0.3 is 11.1 Å². The van der Waals surface area contributed by atoms with Gasteiger partial charge in [0.15, 0.2) is 0 Å². The number of nitrogens with one attached hydrogen (secondary N) is 2. The summed E-state index contributed by atoms with van der Waals surface area (Å²) >= 11 is 0.348. The molecule has 0 saturated carbocycles. The van der Waals surface area contributed by atoms with E-state index in [0.29, 0.717) is 11.8 Å². The predicted molar refractivity (Wildman–Crippen MR) is 67.1 cm³/mol. The monoisotopic (exact) mass is 285 g/mol. The van der Waals surface area contributed by atoms with Crippen molar-refractivity contribution in [3.63, 3.8) is 0 Å². The summed E-state index contributed by atoms with van der Waals surface area (Å²) in [5.74, 6) is -3.33. The van der Waals surface area contributed by atoms with Crippen LogP contribution in [0, 0.1) is 0 Å². The molecule has 0 aliphatic carbocycles. The van der Waals surface area contributed by atoms with E-state index in [9.17, 15) is 13.6 Å². The van der Waals surface area contributed by atoms with Crippen LogP contribution in [0.3, 0.4) is 0 Å². The van der Waals surface area contributed by atoms with Gasteiger partial charge in [-0.25, -0.2) is 0 Å². The van der Waals surface area contributed by atoms with Crippen molar-refractivity contribution in [2.24, 2.45) is 0 Å². The molecule has 0 fully saturated rings. The van der Waals surface area contributed by atoms with Crippen molar-refractivity contribution >= 4 is 29.3 Å². The molecule has 0 aliphatic heterocycles. The highest BCUT2D eigenvalue weighted by Gasteiger charge is 2.15. The molecule has 1 amide bonds. The van der Waals surface area contributed by atoms with E-state index in [1.807, 2.05) is 0 Å². The summed E-state index contributed by atoms with van der Waals surface area (Å²) in [5.41, 5.74) is 5.54. The fourth-order valence-electron chi connectivity index (χ4n) is 1.33. The molecule has 1 heterocycles. The zero-order valence-electron chi connectivity index (χ0n) is 9.43. The number of para-hydroxylation sites is 1. The molecular formula is C10H9F2N5OS. The molecule has 4 N–H and O–H groups in total. The second-order valence-electron chi connectivity index (χ2n) is 3.37. The first-order valence-electron chi connectivity index (χ1n) is 5.09. The number of hydrogen-bond acceptors (Lipinski definition) is 5. The van der Waals surface area contributed by atoms with E-state index in [4.69, 9.17) is 5.73 Å². The number of rotatable bonds is 4. The number of aromatic nitrogens is 3. The number of halogens is 2. The van der Waals surface area contributed by atoms with Crippen LogP contribution in [0.15, 0.2) is 29.2 Å². The van der Waals surface area contributed by atoms with Crippen molar-refractivity contribution in [2.75, 3.05) is 11.1 Å². The quantitative estimate of drug-likeness (QED) is 0.746. The summed E-state index contributed by atoms with van der Waals surface area (Å²) in [7, 11) is 0. The number of aromatic amines is 1. The first-order chi connectivity index (χ1) is 9.06. The number of alkyl halides is 2. The lowest BCUT2D eigenvalue weighted by atomic mass is 10.3. The molecule has 9 heteroatoms. The predicted octanol–water partition coefficient (Wildman–Crippen LogP) is 1.95. The van der Waals surface area contributed by atoms with Crippen LogP contribution >= 0.6 is 11.8 Å². The summed E-state index contributed by atoms with van der Waals surface area (Å²) in [5, 5.41) is 8.30. The molecule has 1 aromatic heterocycles. The molecule has 0 bridgehead atoms. The van der Waals surface area contributed by atoms with Crippen molar-refractivity contribution in [3.05, 3.63) is 30.1 Å². The van der Waals surface area contributed by atoms with Gasteiger partial charge in [0, 0.05) is 4.90 Å². The van der Waals surface area contributed by atoms with Crippen molar-refractivity contribution in [2.45, 2.75) is 10.7 Å². The van der Waals surface area contributed by atoms with E-state index in [1.54, 1.807) is 12.1 Å². The normalized spacial score (nSPS) is 10.7. The van der Waals surface area contributed by atoms with Crippen molar-refractivity contribution in [3.8, 4) is 0 Å². The van der Waals surface area contributed by atoms with Gasteiger partial charge in [-0.1, -0.05) is 23.9 Å².